The Balaban J connectivity index is 1.75. The summed E-state index contributed by atoms with van der Waals surface area (Å²) in [4.78, 5) is 4.87. The number of hydrogen-bond donors (Lipinski definition) is 0. The maximum atomic E-state index is 6.08. The van der Waals surface area contributed by atoms with Crippen LogP contribution in [0.4, 0.5) is 0 Å². The lowest BCUT2D eigenvalue weighted by Crippen LogP contribution is -2.02. The lowest BCUT2D eigenvalue weighted by molar-refractivity contribution is 0.213. The number of benzene rings is 2. The van der Waals surface area contributed by atoms with Gasteiger partial charge >= 0.3 is 0 Å². The largest absolute Gasteiger partial charge is 0.493 e. The van der Waals surface area contributed by atoms with E-state index in [9.17, 15) is 0 Å². The van der Waals surface area contributed by atoms with E-state index < -0.39 is 0 Å². The zero-order chi connectivity index (χ0) is 21.8. The Morgan fingerprint density at radius 3 is 2.47 bits per heavy atom. The molecular weight excluding hydrogens is 374 g/mol. The van der Waals surface area contributed by atoms with E-state index >= 15 is 0 Å². The monoisotopic (exact) mass is 409 g/mol. The van der Waals surface area contributed by atoms with Gasteiger partial charge in [-0.15, -0.1) is 0 Å². The van der Waals surface area contributed by atoms with Gasteiger partial charge in [0.25, 0.3) is 0 Å². The van der Waals surface area contributed by atoms with Gasteiger partial charge in [-0.3, -0.25) is 0 Å². The molecule has 0 aliphatic rings. The summed E-state index contributed by atoms with van der Waals surface area (Å²) in [5.74, 6) is 1.87. The van der Waals surface area contributed by atoms with Crippen molar-refractivity contribution in [1.82, 2.24) is 0 Å². The molecule has 0 aliphatic heterocycles. The molecule has 0 bridgehead atoms. The number of nitrogens with zero attached hydrogens (tertiary/aromatic N) is 1. The molecule has 30 heavy (non-hydrogen) atoms. The van der Waals surface area contributed by atoms with Gasteiger partial charge in [-0.1, -0.05) is 35.5 Å². The molecule has 4 nitrogen and oxygen atoms in total. The van der Waals surface area contributed by atoms with Crippen molar-refractivity contribution in [3.63, 3.8) is 0 Å². The third-order valence-electron chi connectivity index (χ3n) is 4.94. The van der Waals surface area contributed by atoms with Crippen molar-refractivity contribution in [1.29, 1.82) is 0 Å². The topological polar surface area (TPSA) is 40.0 Å². The average Bonchev–Trinajstić information content (AvgIpc) is 2.73. The molecule has 0 aromatic heterocycles. The van der Waals surface area contributed by atoms with Crippen LogP contribution in [0, 0.1) is 13.8 Å². The summed E-state index contributed by atoms with van der Waals surface area (Å²) in [6, 6.07) is 12.6. The Kier molecular flexibility index (Phi) is 9.99. The van der Waals surface area contributed by atoms with Gasteiger partial charge in [0.15, 0.2) is 0 Å². The van der Waals surface area contributed by atoms with Crippen LogP contribution in [0.1, 0.15) is 55.4 Å². The van der Waals surface area contributed by atoms with E-state index in [1.54, 1.807) is 7.11 Å². The number of oxime groups is 1. The van der Waals surface area contributed by atoms with Crippen molar-refractivity contribution in [2.45, 2.75) is 53.4 Å². The first kappa shape index (κ1) is 23.5. The molecule has 4 heteroatoms. The van der Waals surface area contributed by atoms with E-state index in [1.165, 1.54) is 5.56 Å². The van der Waals surface area contributed by atoms with Crippen LogP contribution in [0.25, 0.3) is 0 Å². The molecule has 0 atom stereocenters. The second-order valence-corrected chi connectivity index (χ2v) is 7.49. The normalized spacial score (nSPS) is 11.7. The van der Waals surface area contributed by atoms with Crippen molar-refractivity contribution in [3.05, 3.63) is 70.8 Å². The van der Waals surface area contributed by atoms with Crippen molar-refractivity contribution >= 4 is 5.71 Å². The maximum Gasteiger partial charge on any atom is 0.125 e. The van der Waals surface area contributed by atoms with Gasteiger partial charge in [-0.25, -0.2) is 0 Å². The summed E-state index contributed by atoms with van der Waals surface area (Å²) >= 11 is 0. The number of allylic oxidation sites excluding steroid dienone is 1. The minimum Gasteiger partial charge on any atom is -0.493 e. The average molecular weight is 410 g/mol. The zero-order valence-corrected chi connectivity index (χ0v) is 19.0. The Morgan fingerprint density at radius 1 is 1.00 bits per heavy atom. The van der Waals surface area contributed by atoms with E-state index in [4.69, 9.17) is 14.3 Å². The highest BCUT2D eigenvalue weighted by Crippen LogP contribution is 2.28. The number of rotatable bonds is 12. The standard InChI is InChI=1S/C26H35NO3/c1-6-7-15-29-25-17-20(2)26(21(3)18-25)30-16-10-8-9-12-23-13-11-14-24(19-23)22(4)27-28-5/h6-7,11,13-14,17-19H,8-10,12,15-16H2,1-5H3/b7-6+,27-22+. The van der Waals surface area contributed by atoms with E-state index in [1.807, 2.05) is 38.1 Å². The summed E-state index contributed by atoms with van der Waals surface area (Å²) in [5, 5.41) is 4.01. The Bertz CT molecular complexity index is 832. The molecule has 0 amide bonds. The first-order chi connectivity index (χ1) is 14.5. The predicted molar refractivity (Wildman–Crippen MR) is 125 cm³/mol. The van der Waals surface area contributed by atoms with Gasteiger partial charge in [0.2, 0.25) is 0 Å². The maximum absolute atomic E-state index is 6.08. The number of ether oxygens (including phenoxy) is 2. The molecule has 0 aliphatic carbocycles. The number of aryl methyl sites for hydroxylation is 3. The van der Waals surface area contributed by atoms with Crippen LogP contribution in [0.3, 0.4) is 0 Å². The SMILES string of the molecule is C/C=C/COc1cc(C)c(OCCCCCc2cccc(/C(C)=N/OC)c2)c(C)c1. The highest BCUT2D eigenvalue weighted by Gasteiger charge is 2.07. The molecular formula is C26H35NO3. The lowest BCUT2D eigenvalue weighted by Gasteiger charge is -2.14. The van der Waals surface area contributed by atoms with Crippen LogP contribution < -0.4 is 9.47 Å². The van der Waals surface area contributed by atoms with Crippen LogP contribution in [0.15, 0.2) is 53.7 Å². The second kappa shape index (κ2) is 12.7. The van der Waals surface area contributed by atoms with Gasteiger partial charge in [-0.2, -0.15) is 0 Å². The Hall–Kier alpha value is -2.75. The molecule has 0 saturated carbocycles. The fraction of sp³-hybridized carbons (Fsp3) is 0.423. The van der Waals surface area contributed by atoms with Crippen LogP contribution in [-0.2, 0) is 11.3 Å². The smallest absolute Gasteiger partial charge is 0.125 e. The first-order valence-electron chi connectivity index (χ1n) is 10.7. The predicted octanol–water partition coefficient (Wildman–Crippen LogP) is 6.42. The van der Waals surface area contributed by atoms with E-state index in [-0.39, 0.29) is 0 Å². The molecule has 2 rings (SSSR count). The van der Waals surface area contributed by atoms with Crippen LogP contribution in [0.2, 0.25) is 0 Å². The molecule has 2 aromatic rings. The summed E-state index contributed by atoms with van der Waals surface area (Å²) in [6.45, 7) is 9.44. The summed E-state index contributed by atoms with van der Waals surface area (Å²) in [7, 11) is 1.58. The molecule has 0 saturated heterocycles. The summed E-state index contributed by atoms with van der Waals surface area (Å²) in [5.41, 5.74) is 5.59. The molecule has 0 unspecified atom stereocenters. The highest BCUT2D eigenvalue weighted by atomic mass is 16.6. The molecule has 0 fully saturated rings. The minimum absolute atomic E-state index is 0.594. The number of unbranched alkanes of at least 4 members (excludes halogenated alkanes) is 2. The van der Waals surface area contributed by atoms with E-state index in [0.717, 1.165) is 66.2 Å². The molecule has 0 spiro atoms. The lowest BCUT2D eigenvalue weighted by atomic mass is 10.0. The van der Waals surface area contributed by atoms with Gasteiger partial charge in [0.1, 0.15) is 25.2 Å². The van der Waals surface area contributed by atoms with Gasteiger partial charge in [-0.05, 0) is 93.8 Å². The highest BCUT2D eigenvalue weighted by molar-refractivity contribution is 5.98. The Labute approximate surface area is 181 Å². The minimum atomic E-state index is 0.594. The first-order valence-corrected chi connectivity index (χ1v) is 10.7. The van der Waals surface area contributed by atoms with Crippen molar-refractivity contribution < 1.29 is 14.3 Å². The van der Waals surface area contributed by atoms with Crippen molar-refractivity contribution in [2.24, 2.45) is 5.16 Å². The van der Waals surface area contributed by atoms with E-state index in [2.05, 4.69) is 43.3 Å². The van der Waals surface area contributed by atoms with Crippen molar-refractivity contribution in [3.8, 4) is 11.5 Å². The van der Waals surface area contributed by atoms with E-state index in [0.29, 0.717) is 6.61 Å². The van der Waals surface area contributed by atoms with Crippen molar-refractivity contribution in [2.75, 3.05) is 20.3 Å². The van der Waals surface area contributed by atoms with Crippen LogP contribution in [0.5, 0.6) is 11.5 Å². The quantitative estimate of drug-likeness (QED) is 0.176. The van der Waals surface area contributed by atoms with Gasteiger partial charge < -0.3 is 14.3 Å². The van der Waals surface area contributed by atoms with Gasteiger partial charge in [0, 0.05) is 0 Å². The third-order valence-corrected chi connectivity index (χ3v) is 4.94. The molecule has 2 aromatic carbocycles. The summed E-state index contributed by atoms with van der Waals surface area (Å²) in [6.07, 6.45) is 8.37. The number of hydrogen-bond acceptors (Lipinski definition) is 4. The fourth-order valence-electron chi connectivity index (χ4n) is 3.39. The molecule has 0 radical (unpaired) electrons. The summed E-state index contributed by atoms with van der Waals surface area (Å²) < 4.78 is 11.8. The Morgan fingerprint density at radius 2 is 1.77 bits per heavy atom. The molecule has 0 N–H and O–H groups in total. The van der Waals surface area contributed by atoms with Crippen LogP contribution in [-0.4, -0.2) is 26.0 Å². The fourth-order valence-corrected chi connectivity index (χ4v) is 3.39. The van der Waals surface area contributed by atoms with Crippen LogP contribution >= 0.6 is 0 Å². The molecule has 0 heterocycles. The molecule has 162 valence electrons. The zero-order valence-electron chi connectivity index (χ0n) is 19.0. The van der Waals surface area contributed by atoms with Gasteiger partial charge in [0.05, 0.1) is 12.3 Å². The third kappa shape index (κ3) is 7.58. The second-order valence-electron chi connectivity index (χ2n) is 7.49.